The van der Waals surface area contributed by atoms with Crippen molar-refractivity contribution in [2.75, 3.05) is 10.2 Å². The molecule has 1 atom stereocenters. The lowest BCUT2D eigenvalue weighted by molar-refractivity contribution is 0.778. The van der Waals surface area contributed by atoms with E-state index in [1.807, 2.05) is 12.3 Å². The van der Waals surface area contributed by atoms with Crippen molar-refractivity contribution < 1.29 is 4.11 Å². The van der Waals surface area contributed by atoms with Gasteiger partial charge in [0.1, 0.15) is 11.0 Å². The summed E-state index contributed by atoms with van der Waals surface area (Å²) in [5, 5.41) is 5.95. The van der Waals surface area contributed by atoms with E-state index in [-0.39, 0.29) is 23.7 Å². The zero-order valence-corrected chi connectivity index (χ0v) is 25.4. The summed E-state index contributed by atoms with van der Waals surface area (Å²) in [6.07, 6.45) is 1.65. The zero-order valence-electron chi connectivity index (χ0n) is 27.6. The molecule has 0 amide bonds. The fourth-order valence-electron chi connectivity index (χ4n) is 6.38. The van der Waals surface area contributed by atoms with E-state index in [0.717, 1.165) is 42.9 Å². The van der Waals surface area contributed by atoms with Crippen molar-refractivity contribution in [3.8, 4) is 11.1 Å². The summed E-state index contributed by atoms with van der Waals surface area (Å²) < 4.78 is 24.8. The van der Waals surface area contributed by atoms with Gasteiger partial charge < -0.3 is 10.2 Å². The second kappa shape index (κ2) is 10.2. The number of hydrogen-bond acceptors (Lipinski definition) is 5. The molecule has 0 spiro atoms. The van der Waals surface area contributed by atoms with Crippen LogP contribution in [0.25, 0.3) is 31.4 Å². The maximum absolute atomic E-state index is 7.91. The first-order chi connectivity index (χ1) is 21.5. The van der Waals surface area contributed by atoms with Crippen LogP contribution in [0, 0.1) is 13.8 Å². The van der Waals surface area contributed by atoms with Crippen LogP contribution in [-0.4, -0.2) is 9.97 Å². The van der Waals surface area contributed by atoms with E-state index in [1.54, 1.807) is 17.4 Å². The quantitative estimate of drug-likeness (QED) is 0.223. The van der Waals surface area contributed by atoms with E-state index in [4.69, 9.17) is 9.10 Å². The highest BCUT2D eigenvalue weighted by molar-refractivity contribution is 7.25. The number of hydrogen-bond donors (Lipinski definition) is 1. The summed E-state index contributed by atoms with van der Waals surface area (Å²) in [6.45, 7) is 8.92. The second-order valence-corrected chi connectivity index (χ2v) is 12.8. The van der Waals surface area contributed by atoms with E-state index < -0.39 is 6.85 Å². The van der Waals surface area contributed by atoms with Crippen LogP contribution in [0.2, 0.25) is 0 Å². The molecule has 5 heteroatoms. The number of benzene rings is 3. The first-order valence-electron chi connectivity index (χ1n) is 16.1. The maximum atomic E-state index is 7.91. The predicted molar refractivity (Wildman–Crippen MR) is 179 cm³/mol. The van der Waals surface area contributed by atoms with Crippen molar-refractivity contribution in [1.82, 2.24) is 9.97 Å². The summed E-state index contributed by atoms with van der Waals surface area (Å²) in [7, 11) is 0. The van der Waals surface area contributed by atoms with E-state index in [2.05, 4.69) is 117 Å². The number of nitrogens with zero attached hydrogens (tertiary/aromatic N) is 3. The molecule has 0 saturated heterocycles. The molecule has 7 rings (SSSR count). The van der Waals surface area contributed by atoms with Crippen molar-refractivity contribution in [1.29, 1.82) is 0 Å². The Kier molecular flexibility index (Phi) is 5.70. The predicted octanol–water partition coefficient (Wildman–Crippen LogP) is 10.6. The first-order valence-corrected chi connectivity index (χ1v) is 15.4. The average Bonchev–Trinajstić information content (AvgIpc) is 3.59. The molecule has 3 aromatic carbocycles. The number of fused-ring (bicyclic) bond motifs is 4. The van der Waals surface area contributed by atoms with E-state index in [9.17, 15) is 0 Å². The van der Waals surface area contributed by atoms with Crippen LogP contribution in [0.15, 0.2) is 85.1 Å². The first kappa shape index (κ1) is 23.4. The lowest BCUT2D eigenvalue weighted by atomic mass is 9.87. The largest absolute Gasteiger partial charge is 0.359 e. The van der Waals surface area contributed by atoms with Crippen LogP contribution in [0.3, 0.4) is 0 Å². The molecule has 210 valence electrons. The summed E-state index contributed by atoms with van der Waals surface area (Å²) >= 11 is 1.54. The van der Waals surface area contributed by atoms with Crippen molar-refractivity contribution in [2.24, 2.45) is 0 Å². The molecule has 1 aliphatic rings. The van der Waals surface area contributed by atoms with Crippen molar-refractivity contribution >= 4 is 48.7 Å². The highest BCUT2D eigenvalue weighted by Crippen LogP contribution is 2.53. The number of aromatic nitrogens is 2. The second-order valence-electron chi connectivity index (χ2n) is 11.8. The zero-order chi connectivity index (χ0) is 31.6. The Balaban J connectivity index is 1.51. The van der Waals surface area contributed by atoms with Gasteiger partial charge in [0.15, 0.2) is 0 Å². The molecule has 0 saturated carbocycles. The van der Waals surface area contributed by atoms with Crippen LogP contribution in [0.4, 0.5) is 17.1 Å². The third-order valence-electron chi connectivity index (χ3n) is 8.35. The van der Waals surface area contributed by atoms with Gasteiger partial charge in [0.05, 0.1) is 22.8 Å². The molecule has 4 heterocycles. The molecule has 0 radical (unpaired) electrons. The summed E-state index contributed by atoms with van der Waals surface area (Å²) in [4.78, 5) is 12.6. The Bertz CT molecular complexity index is 2040. The number of pyridine rings is 2. The highest BCUT2D eigenvalue weighted by atomic mass is 32.1. The number of aryl methyl sites for hydroxylation is 2. The van der Waals surface area contributed by atoms with Gasteiger partial charge in [0.25, 0.3) is 0 Å². The fourth-order valence-corrected chi connectivity index (χ4v) is 7.48. The summed E-state index contributed by atoms with van der Waals surface area (Å²) in [5.74, 6) is 0.534. The molecule has 0 fully saturated rings. The van der Waals surface area contributed by atoms with Crippen molar-refractivity contribution in [3.05, 3.63) is 113 Å². The van der Waals surface area contributed by atoms with Gasteiger partial charge in [-0.1, -0.05) is 70.2 Å². The van der Waals surface area contributed by atoms with Crippen LogP contribution < -0.4 is 10.2 Å². The minimum atomic E-state index is -2.25. The summed E-state index contributed by atoms with van der Waals surface area (Å²) in [6, 6.07) is 27.4. The van der Waals surface area contributed by atoms with E-state index in [0.29, 0.717) is 0 Å². The molecule has 6 aromatic rings. The van der Waals surface area contributed by atoms with Gasteiger partial charge in [-0.25, -0.2) is 4.98 Å². The molecule has 1 aliphatic heterocycles. The lowest BCUT2D eigenvalue weighted by Gasteiger charge is -2.34. The van der Waals surface area contributed by atoms with Gasteiger partial charge >= 0.3 is 0 Å². The Morgan fingerprint density at radius 2 is 1.62 bits per heavy atom. The molecule has 42 heavy (non-hydrogen) atoms. The van der Waals surface area contributed by atoms with Crippen LogP contribution in [0.1, 0.15) is 77.9 Å². The average molecular weight is 572 g/mol. The molecule has 4 nitrogen and oxygen atoms in total. The molecule has 0 aliphatic carbocycles. The fraction of sp³-hybridized carbons (Fsp3) is 0.243. The lowest BCUT2D eigenvalue weighted by Crippen LogP contribution is -2.26. The van der Waals surface area contributed by atoms with E-state index >= 15 is 0 Å². The Morgan fingerprint density at radius 1 is 0.857 bits per heavy atom. The minimum Gasteiger partial charge on any atom is -0.359 e. The van der Waals surface area contributed by atoms with Crippen LogP contribution in [0.5, 0.6) is 0 Å². The van der Waals surface area contributed by atoms with Gasteiger partial charge in [-0.05, 0) is 84.3 Å². The van der Waals surface area contributed by atoms with Crippen molar-refractivity contribution in [3.63, 3.8) is 0 Å². The molecular weight excluding hydrogens is 533 g/mol. The highest BCUT2D eigenvalue weighted by Gasteiger charge is 2.37. The minimum absolute atomic E-state index is 0.125. The smallest absolute Gasteiger partial charge is 0.131 e. The maximum Gasteiger partial charge on any atom is 0.131 e. The number of anilines is 3. The Morgan fingerprint density at radius 3 is 2.33 bits per heavy atom. The summed E-state index contributed by atoms with van der Waals surface area (Å²) in [5.41, 5.74) is 10.6. The van der Waals surface area contributed by atoms with Gasteiger partial charge in [-0.15, -0.1) is 11.3 Å². The van der Waals surface area contributed by atoms with Gasteiger partial charge in [-0.3, -0.25) is 4.98 Å². The number of rotatable bonds is 5. The standard InChI is InChI=1S/C37H36N4S/c1-21(2)29-19-26(25-11-8-7-9-12-25)20-30(22(3)4)35(29)41-34-24(6)38-18-17-31(34)40-36(41)27-13-10-14-32-33(27)28-16-15-23(5)39-37(28)42-32/h7-22,36,40H,1-6H3/i5D3. The van der Waals surface area contributed by atoms with Crippen molar-refractivity contribution in [2.45, 2.75) is 59.5 Å². The Hall–Kier alpha value is -4.22. The third kappa shape index (κ3) is 4.26. The van der Waals surface area contributed by atoms with Gasteiger partial charge in [0.2, 0.25) is 0 Å². The molecule has 0 bridgehead atoms. The number of nitrogens with one attached hydrogen (secondary N) is 1. The molecule has 1 unspecified atom stereocenters. The van der Waals surface area contributed by atoms with Gasteiger partial charge in [-0.2, -0.15) is 0 Å². The topological polar surface area (TPSA) is 41.1 Å². The van der Waals surface area contributed by atoms with E-state index in [1.165, 1.54) is 27.9 Å². The van der Waals surface area contributed by atoms with Crippen LogP contribution >= 0.6 is 11.3 Å². The molecule has 1 N–H and O–H groups in total. The monoisotopic (exact) mass is 571 g/mol. The normalized spacial score (nSPS) is 16.1. The van der Waals surface area contributed by atoms with Crippen LogP contribution in [-0.2, 0) is 0 Å². The SMILES string of the molecule is [2H]C([2H])([2H])c1ccc2c(n1)sc1cccc(C3Nc4ccnc(C)c4N3c3c(C(C)C)cc(-c4ccccc4)cc3C(C)C)c12. The van der Waals surface area contributed by atoms with Gasteiger partial charge in [0, 0.05) is 37.0 Å². The third-order valence-corrected chi connectivity index (χ3v) is 9.41. The molecule has 3 aromatic heterocycles. The molecular formula is C37H36N4S. The Labute approximate surface area is 256 Å². The number of thiophene rings is 1.